The smallest absolute Gasteiger partial charge is 0.342 e. The number of carbonyl (C=O) groups excluding carboxylic acids is 1. The van der Waals surface area contributed by atoms with Crippen LogP contribution in [-0.4, -0.2) is 43.9 Å². The number of nitrogens with zero attached hydrogens (tertiary/aromatic N) is 2. The van der Waals surface area contributed by atoms with Crippen molar-refractivity contribution in [1.82, 2.24) is 4.98 Å². The molecular weight excluding hydrogens is 268 g/mol. The van der Waals surface area contributed by atoms with E-state index in [1.165, 1.54) is 0 Å². The Morgan fingerprint density at radius 1 is 1.52 bits per heavy atom. The minimum atomic E-state index is -0.304. The van der Waals surface area contributed by atoms with E-state index in [9.17, 15) is 4.79 Å². The Morgan fingerprint density at radius 3 is 3.05 bits per heavy atom. The van der Waals surface area contributed by atoms with Crippen LogP contribution in [0.3, 0.4) is 0 Å². The van der Waals surface area contributed by atoms with E-state index in [0.29, 0.717) is 11.5 Å². The number of anilines is 1. The van der Waals surface area contributed by atoms with E-state index in [-0.39, 0.29) is 12.1 Å². The van der Waals surface area contributed by atoms with Gasteiger partial charge in [0.05, 0.1) is 12.7 Å². The fourth-order valence-electron chi connectivity index (χ4n) is 2.72. The average molecular weight is 292 g/mol. The second-order valence-corrected chi connectivity index (χ2v) is 5.74. The number of rotatable bonds is 5. The van der Waals surface area contributed by atoms with Crippen LogP contribution >= 0.6 is 0 Å². The van der Waals surface area contributed by atoms with Crippen molar-refractivity contribution < 1.29 is 14.3 Å². The van der Waals surface area contributed by atoms with Gasteiger partial charge in [-0.25, -0.2) is 9.78 Å². The number of pyridine rings is 1. The number of aromatic nitrogens is 1. The summed E-state index contributed by atoms with van der Waals surface area (Å²) >= 11 is 0. The molecule has 0 amide bonds. The molecule has 0 saturated carbocycles. The normalized spacial score (nSPS) is 18.9. The molecule has 116 valence electrons. The summed E-state index contributed by atoms with van der Waals surface area (Å²) in [6, 6.07) is 3.56. The fraction of sp³-hybridized carbons (Fsp3) is 0.625. The van der Waals surface area contributed by atoms with Gasteiger partial charge in [0, 0.05) is 26.4 Å². The molecule has 2 rings (SSSR count). The van der Waals surface area contributed by atoms with Gasteiger partial charge in [0.15, 0.2) is 0 Å². The number of piperidine rings is 1. The van der Waals surface area contributed by atoms with Crippen molar-refractivity contribution in [3.05, 3.63) is 23.9 Å². The first-order chi connectivity index (χ1) is 10.1. The van der Waals surface area contributed by atoms with Crippen molar-refractivity contribution in [3.8, 4) is 0 Å². The summed E-state index contributed by atoms with van der Waals surface area (Å²) < 4.78 is 10.6. The van der Waals surface area contributed by atoms with Crippen LogP contribution in [0.4, 0.5) is 5.82 Å². The zero-order valence-corrected chi connectivity index (χ0v) is 13.0. The Labute approximate surface area is 126 Å². The van der Waals surface area contributed by atoms with Gasteiger partial charge in [-0.05, 0) is 44.7 Å². The maximum absolute atomic E-state index is 12.2. The fourth-order valence-corrected chi connectivity index (χ4v) is 2.72. The molecule has 0 spiro atoms. The minimum Gasteiger partial charge on any atom is -0.459 e. The lowest BCUT2D eigenvalue weighted by molar-refractivity contribution is 0.0378. The van der Waals surface area contributed by atoms with E-state index in [0.717, 1.165) is 38.4 Å². The monoisotopic (exact) mass is 292 g/mol. The second-order valence-electron chi connectivity index (χ2n) is 5.74. The number of esters is 1. The van der Waals surface area contributed by atoms with E-state index in [1.54, 1.807) is 25.4 Å². The molecule has 21 heavy (non-hydrogen) atoms. The summed E-state index contributed by atoms with van der Waals surface area (Å²) in [6.07, 6.45) is 3.83. The molecule has 0 unspecified atom stereocenters. The van der Waals surface area contributed by atoms with Crippen LogP contribution in [0.15, 0.2) is 18.3 Å². The third-order valence-corrected chi connectivity index (χ3v) is 3.57. The Morgan fingerprint density at radius 2 is 2.33 bits per heavy atom. The van der Waals surface area contributed by atoms with Crippen molar-refractivity contribution >= 4 is 11.8 Å². The first-order valence-corrected chi connectivity index (χ1v) is 7.51. The summed E-state index contributed by atoms with van der Waals surface area (Å²) in [5, 5.41) is 0. The van der Waals surface area contributed by atoms with E-state index in [4.69, 9.17) is 9.47 Å². The zero-order chi connectivity index (χ0) is 15.2. The van der Waals surface area contributed by atoms with Crippen LogP contribution in [0, 0.1) is 5.92 Å². The standard InChI is InChI=1S/C16H24N2O3/c1-12(2)21-16(19)14-7-4-8-17-15(14)18-9-5-6-13(10-18)11-20-3/h4,7-8,12-13H,5-6,9-11H2,1-3H3/t13-/m0/s1. The van der Waals surface area contributed by atoms with E-state index < -0.39 is 0 Å². The summed E-state index contributed by atoms with van der Waals surface area (Å²) in [4.78, 5) is 18.8. The predicted octanol–water partition coefficient (Wildman–Crippen LogP) is 2.51. The van der Waals surface area contributed by atoms with Gasteiger partial charge in [0.1, 0.15) is 11.4 Å². The molecule has 1 saturated heterocycles. The average Bonchev–Trinajstić information content (AvgIpc) is 2.47. The lowest BCUT2D eigenvalue weighted by atomic mass is 9.98. The van der Waals surface area contributed by atoms with Gasteiger partial charge < -0.3 is 14.4 Å². The minimum absolute atomic E-state index is 0.131. The van der Waals surface area contributed by atoms with Gasteiger partial charge in [-0.1, -0.05) is 0 Å². The third kappa shape index (κ3) is 4.17. The topological polar surface area (TPSA) is 51.7 Å². The van der Waals surface area contributed by atoms with Crippen molar-refractivity contribution in [2.24, 2.45) is 5.92 Å². The van der Waals surface area contributed by atoms with Gasteiger partial charge in [-0.15, -0.1) is 0 Å². The molecule has 1 aliphatic heterocycles. The number of ether oxygens (including phenoxy) is 2. The highest BCUT2D eigenvalue weighted by Crippen LogP contribution is 2.25. The summed E-state index contributed by atoms with van der Waals surface area (Å²) in [5.41, 5.74) is 0.546. The number of methoxy groups -OCH3 is 1. The van der Waals surface area contributed by atoms with Crippen LogP contribution in [0.1, 0.15) is 37.0 Å². The summed E-state index contributed by atoms with van der Waals surface area (Å²) in [7, 11) is 1.73. The zero-order valence-electron chi connectivity index (χ0n) is 13.0. The molecule has 1 fully saturated rings. The quantitative estimate of drug-likeness (QED) is 0.781. The van der Waals surface area contributed by atoms with E-state index in [1.807, 2.05) is 13.8 Å². The Bertz CT molecular complexity index is 474. The third-order valence-electron chi connectivity index (χ3n) is 3.57. The van der Waals surface area contributed by atoms with Gasteiger partial charge in [-0.3, -0.25) is 0 Å². The molecular formula is C16H24N2O3. The molecule has 5 heteroatoms. The Kier molecular flexibility index (Phi) is 5.56. The van der Waals surface area contributed by atoms with Crippen molar-refractivity contribution in [2.75, 3.05) is 31.7 Å². The first-order valence-electron chi connectivity index (χ1n) is 7.51. The maximum Gasteiger partial charge on any atom is 0.342 e. The molecule has 1 aliphatic rings. The van der Waals surface area contributed by atoms with Crippen molar-refractivity contribution in [2.45, 2.75) is 32.8 Å². The van der Waals surface area contributed by atoms with Crippen LogP contribution < -0.4 is 4.90 Å². The number of hydrogen-bond acceptors (Lipinski definition) is 5. The maximum atomic E-state index is 12.2. The molecule has 0 aromatic carbocycles. The van der Waals surface area contributed by atoms with Crippen LogP contribution in [0.25, 0.3) is 0 Å². The second kappa shape index (κ2) is 7.41. The van der Waals surface area contributed by atoms with E-state index >= 15 is 0 Å². The van der Waals surface area contributed by atoms with Gasteiger partial charge in [0.25, 0.3) is 0 Å². The Balaban J connectivity index is 2.17. The largest absolute Gasteiger partial charge is 0.459 e. The Hall–Kier alpha value is -1.62. The SMILES string of the molecule is COC[C@H]1CCCN(c2ncccc2C(=O)OC(C)C)C1. The van der Waals surface area contributed by atoms with Crippen LogP contribution in [0.2, 0.25) is 0 Å². The van der Waals surface area contributed by atoms with Gasteiger partial charge >= 0.3 is 5.97 Å². The van der Waals surface area contributed by atoms with Crippen LogP contribution in [-0.2, 0) is 9.47 Å². The van der Waals surface area contributed by atoms with E-state index in [2.05, 4.69) is 9.88 Å². The van der Waals surface area contributed by atoms with Crippen molar-refractivity contribution in [3.63, 3.8) is 0 Å². The molecule has 1 aromatic heterocycles. The molecule has 1 aromatic rings. The molecule has 0 aliphatic carbocycles. The highest BCUT2D eigenvalue weighted by Gasteiger charge is 2.25. The predicted molar refractivity (Wildman–Crippen MR) is 81.6 cm³/mol. The molecule has 1 atom stereocenters. The number of hydrogen-bond donors (Lipinski definition) is 0. The molecule has 0 radical (unpaired) electrons. The van der Waals surface area contributed by atoms with Gasteiger partial charge in [-0.2, -0.15) is 0 Å². The van der Waals surface area contributed by atoms with Crippen molar-refractivity contribution in [1.29, 1.82) is 0 Å². The first kappa shape index (κ1) is 15.8. The van der Waals surface area contributed by atoms with Gasteiger partial charge in [0.2, 0.25) is 0 Å². The molecule has 0 N–H and O–H groups in total. The summed E-state index contributed by atoms with van der Waals surface area (Å²) in [5.74, 6) is 0.908. The summed E-state index contributed by atoms with van der Waals surface area (Å²) in [6.45, 7) is 6.23. The lowest BCUT2D eigenvalue weighted by Gasteiger charge is -2.34. The molecule has 0 bridgehead atoms. The molecule has 5 nitrogen and oxygen atoms in total. The molecule has 2 heterocycles. The lowest BCUT2D eigenvalue weighted by Crippen LogP contribution is -2.38. The van der Waals surface area contributed by atoms with Crippen LogP contribution in [0.5, 0.6) is 0 Å². The highest BCUT2D eigenvalue weighted by atomic mass is 16.5. The highest BCUT2D eigenvalue weighted by molar-refractivity contribution is 5.94. The number of carbonyl (C=O) groups is 1.